The smallest absolute Gasteiger partial charge is 0.163 e. The van der Waals surface area contributed by atoms with Crippen LogP contribution in [0.5, 0.6) is 0 Å². The van der Waals surface area contributed by atoms with Crippen molar-refractivity contribution in [1.29, 1.82) is 0 Å². The number of rotatable bonds is 4. The molecule has 2 unspecified atom stereocenters. The van der Waals surface area contributed by atoms with E-state index in [0.717, 1.165) is 16.7 Å². The summed E-state index contributed by atoms with van der Waals surface area (Å²) in [6, 6.07) is 19.3. The van der Waals surface area contributed by atoms with E-state index in [1.165, 1.54) is 0 Å². The zero-order valence-electron chi connectivity index (χ0n) is 14.2. The van der Waals surface area contributed by atoms with E-state index in [2.05, 4.69) is 0 Å². The van der Waals surface area contributed by atoms with E-state index in [1.807, 2.05) is 91.0 Å². The molecule has 3 nitrogen and oxygen atoms in total. The van der Waals surface area contributed by atoms with Crippen LogP contribution in [0.3, 0.4) is 0 Å². The second kappa shape index (κ2) is 7.06. The first-order valence-corrected chi connectivity index (χ1v) is 8.65. The molecule has 2 aliphatic rings. The third-order valence-electron chi connectivity index (χ3n) is 4.71. The van der Waals surface area contributed by atoms with Crippen molar-refractivity contribution in [2.75, 3.05) is 0 Å². The Bertz CT molecular complexity index is 823. The number of allylic oxidation sites excluding steroid dienone is 4. The maximum atomic E-state index is 12.0. The molecule has 3 heteroatoms. The predicted octanol–water partition coefficient (Wildman–Crippen LogP) is 4.23. The highest BCUT2D eigenvalue weighted by atomic mass is 16.5. The summed E-state index contributed by atoms with van der Waals surface area (Å²) in [7, 11) is 0. The lowest BCUT2D eigenvalue weighted by molar-refractivity contribution is 0.0103. The van der Waals surface area contributed by atoms with Crippen LogP contribution in [0.4, 0.5) is 0 Å². The van der Waals surface area contributed by atoms with Crippen molar-refractivity contribution in [2.24, 2.45) is 0 Å². The molecule has 0 radical (unpaired) electrons. The van der Waals surface area contributed by atoms with Crippen LogP contribution >= 0.6 is 0 Å². The Balaban J connectivity index is 1.85. The molecule has 0 bridgehead atoms. The molecule has 130 valence electrons. The van der Waals surface area contributed by atoms with Gasteiger partial charge in [-0.05, 0) is 29.4 Å². The fraction of sp³-hybridized carbons (Fsp3) is 0.130. The van der Waals surface area contributed by atoms with Crippen LogP contribution in [0.15, 0.2) is 109 Å². The minimum Gasteiger partial charge on any atom is -0.490 e. The van der Waals surface area contributed by atoms with Crippen molar-refractivity contribution >= 4 is 0 Å². The molecule has 0 spiro atoms. The molecule has 0 amide bonds. The number of hydrogen-bond acceptors (Lipinski definition) is 3. The standard InChI is InChI=1S/C23H20O3/c24-23(18-10-3-1-4-11-18,19-12-5-2-6-13-19)20-14-9-17-26-22(20)21-15-7-8-16-25-21/h1-17,21-22,24H. The van der Waals surface area contributed by atoms with Crippen LogP contribution in [-0.2, 0) is 15.1 Å². The third kappa shape index (κ3) is 2.87. The zero-order chi connectivity index (χ0) is 17.8. The molecule has 0 aliphatic carbocycles. The van der Waals surface area contributed by atoms with Gasteiger partial charge in [0.25, 0.3) is 0 Å². The Morgan fingerprint density at radius 2 is 1.35 bits per heavy atom. The van der Waals surface area contributed by atoms with Gasteiger partial charge in [-0.1, -0.05) is 72.8 Å². The van der Waals surface area contributed by atoms with E-state index >= 15 is 0 Å². The van der Waals surface area contributed by atoms with Crippen LogP contribution in [0, 0.1) is 0 Å². The Labute approximate surface area is 153 Å². The van der Waals surface area contributed by atoms with Gasteiger partial charge in [0, 0.05) is 5.57 Å². The number of benzene rings is 2. The van der Waals surface area contributed by atoms with Gasteiger partial charge in [0.1, 0.15) is 5.60 Å². The molecule has 0 saturated heterocycles. The van der Waals surface area contributed by atoms with E-state index in [-0.39, 0.29) is 6.10 Å². The SMILES string of the molecule is OC(C1=CC=COC1C1C=CC=CO1)(c1ccccc1)c1ccccc1. The summed E-state index contributed by atoms with van der Waals surface area (Å²) in [6.45, 7) is 0. The average molecular weight is 344 g/mol. The maximum Gasteiger partial charge on any atom is 0.163 e. The van der Waals surface area contributed by atoms with E-state index in [0.29, 0.717) is 0 Å². The Morgan fingerprint density at radius 3 is 1.92 bits per heavy atom. The Morgan fingerprint density at radius 1 is 0.731 bits per heavy atom. The summed E-state index contributed by atoms with van der Waals surface area (Å²) >= 11 is 0. The monoisotopic (exact) mass is 344 g/mol. The van der Waals surface area contributed by atoms with Crippen molar-refractivity contribution in [3.05, 3.63) is 120 Å². The van der Waals surface area contributed by atoms with Gasteiger partial charge >= 0.3 is 0 Å². The van der Waals surface area contributed by atoms with E-state index in [4.69, 9.17) is 9.47 Å². The largest absolute Gasteiger partial charge is 0.490 e. The van der Waals surface area contributed by atoms with Gasteiger partial charge in [-0.25, -0.2) is 0 Å². The van der Waals surface area contributed by atoms with Gasteiger partial charge in [0.2, 0.25) is 0 Å². The van der Waals surface area contributed by atoms with Crippen molar-refractivity contribution in [1.82, 2.24) is 0 Å². The third-order valence-corrected chi connectivity index (χ3v) is 4.71. The van der Waals surface area contributed by atoms with E-state index < -0.39 is 11.7 Å². The van der Waals surface area contributed by atoms with Crippen molar-refractivity contribution in [3.8, 4) is 0 Å². The summed E-state index contributed by atoms with van der Waals surface area (Å²) < 4.78 is 11.6. The summed E-state index contributed by atoms with van der Waals surface area (Å²) in [6.07, 6.45) is 12.0. The summed E-state index contributed by atoms with van der Waals surface area (Å²) in [5.74, 6) is 0. The lowest BCUT2D eigenvalue weighted by Crippen LogP contribution is -2.42. The average Bonchev–Trinajstić information content (AvgIpc) is 2.75. The summed E-state index contributed by atoms with van der Waals surface area (Å²) in [4.78, 5) is 0. The van der Waals surface area contributed by atoms with Crippen LogP contribution in [0.25, 0.3) is 0 Å². The van der Waals surface area contributed by atoms with Crippen LogP contribution in [0.2, 0.25) is 0 Å². The number of hydrogen-bond donors (Lipinski definition) is 1. The molecule has 2 aliphatic heterocycles. The quantitative estimate of drug-likeness (QED) is 0.902. The van der Waals surface area contributed by atoms with Gasteiger partial charge < -0.3 is 14.6 Å². The molecule has 0 saturated carbocycles. The van der Waals surface area contributed by atoms with Crippen LogP contribution in [0.1, 0.15) is 11.1 Å². The van der Waals surface area contributed by atoms with Gasteiger partial charge in [-0.15, -0.1) is 0 Å². The Hall–Kier alpha value is -3.04. The maximum absolute atomic E-state index is 12.0. The lowest BCUT2D eigenvalue weighted by atomic mass is 9.76. The summed E-state index contributed by atoms with van der Waals surface area (Å²) in [5.41, 5.74) is 0.992. The molecule has 26 heavy (non-hydrogen) atoms. The first-order valence-electron chi connectivity index (χ1n) is 8.65. The highest BCUT2D eigenvalue weighted by molar-refractivity contribution is 5.48. The fourth-order valence-electron chi connectivity index (χ4n) is 3.45. The number of ether oxygens (including phenoxy) is 2. The molecule has 2 aromatic rings. The molecular formula is C23H20O3. The first-order chi connectivity index (χ1) is 12.8. The van der Waals surface area contributed by atoms with Gasteiger partial charge in [-0.2, -0.15) is 0 Å². The second-order valence-corrected chi connectivity index (χ2v) is 6.26. The molecule has 2 heterocycles. The highest BCUT2D eigenvalue weighted by Crippen LogP contribution is 2.41. The van der Waals surface area contributed by atoms with Crippen LogP contribution in [-0.4, -0.2) is 17.3 Å². The molecule has 2 atom stereocenters. The second-order valence-electron chi connectivity index (χ2n) is 6.26. The molecule has 0 fully saturated rings. The number of aliphatic hydroxyl groups is 1. The van der Waals surface area contributed by atoms with Gasteiger partial charge in [-0.3, -0.25) is 0 Å². The minimum atomic E-state index is -1.32. The molecule has 4 rings (SSSR count). The minimum absolute atomic E-state index is 0.310. The predicted molar refractivity (Wildman–Crippen MR) is 101 cm³/mol. The van der Waals surface area contributed by atoms with Gasteiger partial charge in [0.05, 0.1) is 12.5 Å². The molecule has 2 aromatic carbocycles. The zero-order valence-corrected chi connectivity index (χ0v) is 14.2. The normalized spacial score (nSPS) is 21.7. The Kier molecular flexibility index (Phi) is 4.46. The summed E-state index contributed by atoms with van der Waals surface area (Å²) in [5, 5.41) is 12.0. The highest BCUT2D eigenvalue weighted by Gasteiger charge is 2.43. The van der Waals surface area contributed by atoms with Gasteiger partial charge in [0.15, 0.2) is 12.2 Å². The first kappa shape index (κ1) is 16.4. The van der Waals surface area contributed by atoms with Crippen LogP contribution < -0.4 is 0 Å². The molecule has 1 N–H and O–H groups in total. The van der Waals surface area contributed by atoms with E-state index in [1.54, 1.807) is 12.5 Å². The van der Waals surface area contributed by atoms with Crippen molar-refractivity contribution in [2.45, 2.75) is 17.8 Å². The fourth-order valence-corrected chi connectivity index (χ4v) is 3.45. The lowest BCUT2D eigenvalue weighted by Gasteiger charge is -2.39. The van der Waals surface area contributed by atoms with Crippen molar-refractivity contribution in [3.63, 3.8) is 0 Å². The van der Waals surface area contributed by atoms with E-state index in [9.17, 15) is 5.11 Å². The van der Waals surface area contributed by atoms with Crippen molar-refractivity contribution < 1.29 is 14.6 Å². The molecular weight excluding hydrogens is 324 g/mol. The molecule has 0 aromatic heterocycles. The topological polar surface area (TPSA) is 38.7 Å².